The van der Waals surface area contributed by atoms with Crippen LogP contribution in [0.2, 0.25) is 10.0 Å². The Kier molecular flexibility index (Phi) is 8.92. The van der Waals surface area contributed by atoms with Gasteiger partial charge in [-0.25, -0.2) is 8.78 Å². The number of aliphatic hydroxyl groups excluding tert-OH is 1. The highest BCUT2D eigenvalue weighted by molar-refractivity contribution is 6.31. The summed E-state index contributed by atoms with van der Waals surface area (Å²) in [5, 5.41) is 13.2. The fourth-order valence-corrected chi connectivity index (χ4v) is 3.67. The average Bonchev–Trinajstić information content (AvgIpc) is 2.75. The summed E-state index contributed by atoms with van der Waals surface area (Å²) in [5.74, 6) is -1.01. The van der Waals surface area contributed by atoms with Gasteiger partial charge in [0.05, 0.1) is 10.0 Å². The molecule has 1 amide bonds. The Morgan fingerprint density at radius 3 is 2.38 bits per heavy atom. The topological polar surface area (TPSA) is 71.0 Å². The number of hydrogen-bond acceptors (Lipinski definition) is 5. The van der Waals surface area contributed by atoms with Gasteiger partial charge in [-0.15, -0.1) is 0 Å². The number of nitrogens with zero attached hydrogens (tertiary/aromatic N) is 1. The zero-order chi connectivity index (χ0) is 23.1. The number of nitrogens with one attached hydrogen (secondary N) is 1. The zero-order valence-corrected chi connectivity index (χ0v) is 18.7. The number of ether oxygens (including phenoxy) is 2. The Morgan fingerprint density at radius 1 is 1.12 bits per heavy atom. The molecule has 3 rings (SSSR count). The third kappa shape index (κ3) is 7.48. The monoisotopic (exact) mass is 488 g/mol. The lowest BCUT2D eigenvalue weighted by Gasteiger charge is -2.34. The Labute approximate surface area is 195 Å². The van der Waals surface area contributed by atoms with Crippen molar-refractivity contribution in [3.63, 3.8) is 0 Å². The van der Waals surface area contributed by atoms with E-state index in [4.69, 9.17) is 32.7 Å². The van der Waals surface area contributed by atoms with Crippen molar-refractivity contribution in [1.29, 1.82) is 0 Å². The number of hydrogen-bond donors (Lipinski definition) is 2. The first-order chi connectivity index (χ1) is 15.3. The van der Waals surface area contributed by atoms with Gasteiger partial charge >= 0.3 is 0 Å². The van der Waals surface area contributed by atoms with Gasteiger partial charge in [-0.3, -0.25) is 9.69 Å². The van der Waals surface area contributed by atoms with Crippen LogP contribution in [0.1, 0.15) is 12.8 Å². The van der Waals surface area contributed by atoms with Crippen LogP contribution in [0.25, 0.3) is 0 Å². The number of rotatable bonds is 9. The molecule has 2 aromatic carbocycles. The van der Waals surface area contributed by atoms with Crippen LogP contribution in [-0.2, 0) is 4.79 Å². The first-order valence-electron chi connectivity index (χ1n) is 10.2. The number of amides is 1. The van der Waals surface area contributed by atoms with Crippen LogP contribution >= 0.6 is 23.2 Å². The van der Waals surface area contributed by atoms with E-state index >= 15 is 0 Å². The summed E-state index contributed by atoms with van der Waals surface area (Å²) < 4.78 is 37.6. The molecule has 2 aromatic rings. The lowest BCUT2D eigenvalue weighted by atomic mass is 10.1. The number of aliphatic hydroxyl groups is 1. The van der Waals surface area contributed by atoms with Gasteiger partial charge in [-0.05, 0) is 43.7 Å². The van der Waals surface area contributed by atoms with E-state index in [2.05, 4.69) is 5.32 Å². The standard InChI is InChI=1S/C22H24Cl2F2N2O4/c23-18-5-3-16(8-20(18)25)31-12-15(29)11-28-7-1-2-14(10-28)27-22(30)13-32-17-4-6-19(24)21(26)9-17/h3-6,8-9,14-15,29H,1-2,7,10-13H2,(H,27,30)/t14-,15?/m1/s1. The third-order valence-electron chi connectivity index (χ3n) is 4.93. The van der Waals surface area contributed by atoms with Crippen LogP contribution in [0.3, 0.4) is 0 Å². The average molecular weight is 489 g/mol. The van der Waals surface area contributed by atoms with E-state index in [0.29, 0.717) is 13.1 Å². The maximum absolute atomic E-state index is 13.5. The van der Waals surface area contributed by atoms with Crippen LogP contribution in [0, 0.1) is 11.6 Å². The quantitative estimate of drug-likeness (QED) is 0.563. The third-order valence-corrected chi connectivity index (χ3v) is 5.55. The summed E-state index contributed by atoms with van der Waals surface area (Å²) in [6.07, 6.45) is 0.866. The largest absolute Gasteiger partial charge is 0.491 e. The van der Waals surface area contributed by atoms with Gasteiger partial charge in [0.15, 0.2) is 6.61 Å². The Hall–Kier alpha value is -2.13. The van der Waals surface area contributed by atoms with Crippen molar-refractivity contribution in [1.82, 2.24) is 10.2 Å². The Morgan fingerprint density at radius 2 is 1.75 bits per heavy atom. The molecule has 1 unspecified atom stereocenters. The summed E-state index contributed by atoms with van der Waals surface area (Å²) in [7, 11) is 0. The van der Waals surface area contributed by atoms with Gasteiger partial charge in [0.25, 0.3) is 5.91 Å². The highest BCUT2D eigenvalue weighted by atomic mass is 35.5. The van der Waals surface area contributed by atoms with Crippen molar-refractivity contribution in [2.24, 2.45) is 0 Å². The van der Waals surface area contributed by atoms with Crippen molar-refractivity contribution in [2.75, 3.05) is 32.8 Å². The van der Waals surface area contributed by atoms with Crippen LogP contribution in [0.15, 0.2) is 36.4 Å². The molecule has 2 N–H and O–H groups in total. The molecule has 32 heavy (non-hydrogen) atoms. The van der Waals surface area contributed by atoms with E-state index in [-0.39, 0.29) is 46.7 Å². The number of benzene rings is 2. The number of likely N-dealkylation sites (tertiary alicyclic amines) is 1. The molecule has 0 radical (unpaired) electrons. The first-order valence-corrected chi connectivity index (χ1v) is 10.9. The SMILES string of the molecule is O=C(COc1ccc(Cl)c(F)c1)N[C@@H]1CCCN(CC(O)COc2ccc(Cl)c(F)c2)C1. The van der Waals surface area contributed by atoms with Crippen LogP contribution in [0.5, 0.6) is 11.5 Å². The zero-order valence-electron chi connectivity index (χ0n) is 17.2. The number of carbonyl (C=O) groups excluding carboxylic acids is 1. The smallest absolute Gasteiger partial charge is 0.258 e. The van der Waals surface area contributed by atoms with Gasteiger partial charge in [0, 0.05) is 31.3 Å². The molecule has 1 aliphatic heterocycles. The molecule has 0 spiro atoms. The fraction of sp³-hybridized carbons (Fsp3) is 0.409. The molecule has 10 heteroatoms. The Balaban J connectivity index is 1.39. The second kappa shape index (κ2) is 11.7. The number of halogens is 4. The highest BCUT2D eigenvalue weighted by Gasteiger charge is 2.23. The second-order valence-electron chi connectivity index (χ2n) is 7.57. The summed E-state index contributed by atoms with van der Waals surface area (Å²) in [4.78, 5) is 14.2. The second-order valence-corrected chi connectivity index (χ2v) is 8.39. The lowest BCUT2D eigenvalue weighted by Crippen LogP contribution is -2.50. The van der Waals surface area contributed by atoms with Gasteiger partial charge in [-0.2, -0.15) is 0 Å². The van der Waals surface area contributed by atoms with Crippen molar-refractivity contribution in [3.8, 4) is 11.5 Å². The van der Waals surface area contributed by atoms with Gasteiger partial charge in [0.1, 0.15) is 35.8 Å². The number of carbonyl (C=O) groups is 1. The van der Waals surface area contributed by atoms with Crippen LogP contribution < -0.4 is 14.8 Å². The maximum Gasteiger partial charge on any atom is 0.258 e. The number of β-amino-alcohol motifs (C(OH)–C–C–N with tert-alkyl or cyclic N) is 1. The summed E-state index contributed by atoms with van der Waals surface area (Å²) in [6.45, 7) is 1.45. The predicted molar refractivity (Wildman–Crippen MR) is 117 cm³/mol. The van der Waals surface area contributed by atoms with E-state index in [1.807, 2.05) is 4.90 Å². The molecule has 1 heterocycles. The van der Waals surface area contributed by atoms with Crippen molar-refractivity contribution < 1.29 is 28.2 Å². The molecule has 0 aliphatic carbocycles. The molecule has 2 atom stereocenters. The van der Waals surface area contributed by atoms with E-state index in [1.54, 1.807) is 0 Å². The lowest BCUT2D eigenvalue weighted by molar-refractivity contribution is -0.124. The predicted octanol–water partition coefficient (Wildman–Crippen LogP) is 3.67. The molecule has 0 saturated carbocycles. The molecule has 1 fully saturated rings. The minimum Gasteiger partial charge on any atom is -0.491 e. The molecule has 174 valence electrons. The van der Waals surface area contributed by atoms with Gasteiger partial charge in [0.2, 0.25) is 0 Å². The van der Waals surface area contributed by atoms with Crippen LogP contribution in [-0.4, -0.2) is 60.9 Å². The van der Waals surface area contributed by atoms with E-state index in [9.17, 15) is 18.7 Å². The van der Waals surface area contributed by atoms with Gasteiger partial charge < -0.3 is 19.9 Å². The summed E-state index contributed by atoms with van der Waals surface area (Å²) in [5.41, 5.74) is 0. The number of piperidine rings is 1. The van der Waals surface area contributed by atoms with E-state index < -0.39 is 17.7 Å². The summed E-state index contributed by atoms with van der Waals surface area (Å²) >= 11 is 11.3. The minimum absolute atomic E-state index is 0.0000892. The fourth-order valence-electron chi connectivity index (χ4n) is 3.43. The molecule has 0 bridgehead atoms. The van der Waals surface area contributed by atoms with Crippen molar-refractivity contribution in [3.05, 3.63) is 58.1 Å². The van der Waals surface area contributed by atoms with Crippen LogP contribution in [0.4, 0.5) is 8.78 Å². The molecule has 0 aromatic heterocycles. The molecule has 6 nitrogen and oxygen atoms in total. The van der Waals surface area contributed by atoms with Crippen molar-refractivity contribution in [2.45, 2.75) is 25.0 Å². The maximum atomic E-state index is 13.5. The van der Waals surface area contributed by atoms with Gasteiger partial charge in [-0.1, -0.05) is 23.2 Å². The molecular weight excluding hydrogens is 465 g/mol. The first kappa shape index (κ1) is 24.5. The molecule has 1 saturated heterocycles. The highest BCUT2D eigenvalue weighted by Crippen LogP contribution is 2.21. The molecule has 1 aliphatic rings. The minimum atomic E-state index is -0.786. The van der Waals surface area contributed by atoms with Crippen molar-refractivity contribution >= 4 is 29.1 Å². The summed E-state index contributed by atoms with van der Waals surface area (Å²) in [6, 6.07) is 7.97. The normalized spacial score (nSPS) is 17.6. The Bertz CT molecular complexity index is 935. The van der Waals surface area contributed by atoms with E-state index in [1.165, 1.54) is 30.3 Å². The van der Waals surface area contributed by atoms with E-state index in [0.717, 1.165) is 25.5 Å². The molecular formula is C22H24Cl2F2N2O4.